The van der Waals surface area contributed by atoms with E-state index in [9.17, 15) is 9.59 Å². The zero-order valence-electron chi connectivity index (χ0n) is 13.8. The highest BCUT2D eigenvalue weighted by Crippen LogP contribution is 2.37. The smallest absolute Gasteiger partial charge is 0.230 e. The van der Waals surface area contributed by atoms with E-state index in [1.54, 1.807) is 0 Å². The molecule has 0 aliphatic rings. The van der Waals surface area contributed by atoms with Gasteiger partial charge in [0.2, 0.25) is 11.8 Å². The summed E-state index contributed by atoms with van der Waals surface area (Å²) in [6, 6.07) is 9.74. The second kappa shape index (κ2) is 9.44. The fourth-order valence-corrected chi connectivity index (χ4v) is 3.94. The molecular weight excluding hydrogens is 342 g/mol. The molecule has 1 aromatic carbocycles. The third-order valence-electron chi connectivity index (χ3n) is 3.09. The third kappa shape index (κ3) is 5.35. The van der Waals surface area contributed by atoms with Crippen LogP contribution in [0.1, 0.15) is 26.7 Å². The minimum atomic E-state index is -0.0180. The van der Waals surface area contributed by atoms with Gasteiger partial charge in [0.15, 0.2) is 4.34 Å². The van der Waals surface area contributed by atoms with Gasteiger partial charge in [0.05, 0.1) is 5.75 Å². The molecule has 1 aromatic heterocycles. The molecule has 2 amide bonds. The first kappa shape index (κ1) is 18.5. The Morgan fingerprint density at radius 2 is 1.92 bits per heavy atom. The maximum absolute atomic E-state index is 12.0. The summed E-state index contributed by atoms with van der Waals surface area (Å²) in [6.07, 6.45) is 1.28. The SMILES string of the molecule is CCCC(=O)Nc1sc(SCC(=O)NCC)nc1-c1ccccc1. The molecular formula is C17H21N3O2S2. The van der Waals surface area contributed by atoms with Gasteiger partial charge in [0.1, 0.15) is 10.7 Å². The van der Waals surface area contributed by atoms with E-state index in [0.29, 0.717) is 18.7 Å². The molecule has 0 aliphatic heterocycles. The van der Waals surface area contributed by atoms with Gasteiger partial charge in [-0.25, -0.2) is 4.98 Å². The minimum Gasteiger partial charge on any atom is -0.356 e. The van der Waals surface area contributed by atoms with Crippen LogP contribution < -0.4 is 10.6 Å². The van der Waals surface area contributed by atoms with Crippen molar-refractivity contribution < 1.29 is 9.59 Å². The Hall–Kier alpha value is -1.86. The van der Waals surface area contributed by atoms with Gasteiger partial charge in [-0.05, 0) is 13.3 Å². The van der Waals surface area contributed by atoms with Crippen LogP contribution in [0.2, 0.25) is 0 Å². The summed E-state index contributed by atoms with van der Waals surface area (Å²) in [6.45, 7) is 4.48. The van der Waals surface area contributed by atoms with E-state index in [2.05, 4.69) is 15.6 Å². The topological polar surface area (TPSA) is 71.1 Å². The van der Waals surface area contributed by atoms with E-state index >= 15 is 0 Å². The molecule has 7 heteroatoms. The summed E-state index contributed by atoms with van der Waals surface area (Å²) in [7, 11) is 0. The van der Waals surface area contributed by atoms with Crippen LogP contribution in [0.3, 0.4) is 0 Å². The summed E-state index contributed by atoms with van der Waals surface area (Å²) < 4.78 is 0.770. The van der Waals surface area contributed by atoms with Crippen molar-refractivity contribution in [3.8, 4) is 11.3 Å². The monoisotopic (exact) mass is 363 g/mol. The summed E-state index contributed by atoms with van der Waals surface area (Å²) in [4.78, 5) is 28.2. The van der Waals surface area contributed by atoms with Crippen LogP contribution in [0.15, 0.2) is 34.7 Å². The number of hydrogen-bond donors (Lipinski definition) is 2. The first-order valence-corrected chi connectivity index (χ1v) is 9.69. The number of nitrogens with zero attached hydrogens (tertiary/aromatic N) is 1. The number of aromatic nitrogens is 1. The van der Waals surface area contributed by atoms with Crippen LogP contribution in [0.4, 0.5) is 5.00 Å². The van der Waals surface area contributed by atoms with Crippen molar-refractivity contribution in [3.05, 3.63) is 30.3 Å². The standard InChI is InChI=1S/C17H21N3O2S2/c1-3-8-13(21)19-16-15(12-9-6-5-7-10-12)20-17(24-16)23-11-14(22)18-4-2/h5-7,9-10H,3-4,8,11H2,1-2H3,(H,18,22)(H,19,21). The lowest BCUT2D eigenvalue weighted by Crippen LogP contribution is -2.24. The molecule has 0 unspecified atom stereocenters. The van der Waals surface area contributed by atoms with Gasteiger partial charge in [0, 0.05) is 18.5 Å². The summed E-state index contributed by atoms with van der Waals surface area (Å²) >= 11 is 2.79. The Morgan fingerprint density at radius 3 is 2.58 bits per heavy atom. The van der Waals surface area contributed by atoms with Crippen LogP contribution in [0, 0.1) is 0 Å². The highest BCUT2D eigenvalue weighted by molar-refractivity contribution is 8.01. The molecule has 128 valence electrons. The highest BCUT2D eigenvalue weighted by atomic mass is 32.2. The molecule has 0 fully saturated rings. The summed E-state index contributed by atoms with van der Waals surface area (Å²) in [5.74, 6) is 0.284. The fourth-order valence-electron chi connectivity index (χ4n) is 2.03. The van der Waals surface area contributed by atoms with Crippen LogP contribution in [0.25, 0.3) is 11.3 Å². The predicted octanol–water partition coefficient (Wildman–Crippen LogP) is 3.78. The Morgan fingerprint density at radius 1 is 1.17 bits per heavy atom. The second-order valence-electron chi connectivity index (χ2n) is 5.06. The Labute approximate surface area is 150 Å². The van der Waals surface area contributed by atoms with Gasteiger partial charge < -0.3 is 10.6 Å². The van der Waals surface area contributed by atoms with Gasteiger partial charge in [-0.3, -0.25) is 9.59 Å². The normalized spacial score (nSPS) is 10.4. The van der Waals surface area contributed by atoms with Crippen molar-refractivity contribution >= 4 is 39.9 Å². The number of thioether (sulfide) groups is 1. The number of hydrogen-bond acceptors (Lipinski definition) is 5. The first-order chi connectivity index (χ1) is 11.6. The fraction of sp³-hybridized carbons (Fsp3) is 0.353. The number of thiazole rings is 1. The molecule has 2 aromatic rings. The van der Waals surface area contributed by atoms with Gasteiger partial charge in [0.25, 0.3) is 0 Å². The Balaban J connectivity index is 2.20. The molecule has 0 spiro atoms. The average molecular weight is 364 g/mol. The van der Waals surface area contributed by atoms with Gasteiger partial charge in [-0.2, -0.15) is 0 Å². The zero-order chi connectivity index (χ0) is 17.4. The van der Waals surface area contributed by atoms with Gasteiger partial charge in [-0.15, -0.1) is 0 Å². The lowest BCUT2D eigenvalue weighted by molar-refractivity contribution is -0.118. The van der Waals surface area contributed by atoms with Crippen molar-refractivity contribution in [1.29, 1.82) is 0 Å². The van der Waals surface area contributed by atoms with E-state index in [4.69, 9.17) is 0 Å². The molecule has 1 heterocycles. The molecule has 0 bridgehead atoms. The number of nitrogens with one attached hydrogen (secondary N) is 2. The number of rotatable bonds is 8. The predicted molar refractivity (Wildman–Crippen MR) is 100 cm³/mol. The number of carbonyl (C=O) groups is 2. The lowest BCUT2D eigenvalue weighted by atomic mass is 10.2. The molecule has 0 saturated carbocycles. The molecule has 2 rings (SSSR count). The molecule has 2 N–H and O–H groups in total. The summed E-state index contributed by atoms with van der Waals surface area (Å²) in [5, 5.41) is 6.45. The number of anilines is 1. The van der Waals surface area contributed by atoms with Crippen LogP contribution >= 0.6 is 23.1 Å². The van der Waals surface area contributed by atoms with Gasteiger partial charge in [-0.1, -0.05) is 60.4 Å². The van der Waals surface area contributed by atoms with E-state index in [1.807, 2.05) is 44.2 Å². The van der Waals surface area contributed by atoms with Crippen molar-refractivity contribution in [3.63, 3.8) is 0 Å². The average Bonchev–Trinajstić information content (AvgIpc) is 2.97. The number of amides is 2. The van der Waals surface area contributed by atoms with Crippen LogP contribution in [-0.2, 0) is 9.59 Å². The molecule has 0 radical (unpaired) electrons. The molecule has 24 heavy (non-hydrogen) atoms. The Kier molecular flexibility index (Phi) is 7.27. The third-order valence-corrected chi connectivity index (χ3v) is 5.20. The molecule has 0 aliphatic carbocycles. The molecule has 0 atom stereocenters. The van der Waals surface area contributed by atoms with Crippen LogP contribution in [-0.4, -0.2) is 29.1 Å². The zero-order valence-corrected chi connectivity index (χ0v) is 15.4. The van der Waals surface area contributed by atoms with Crippen molar-refractivity contribution in [2.24, 2.45) is 0 Å². The van der Waals surface area contributed by atoms with Crippen molar-refractivity contribution in [2.45, 2.75) is 31.0 Å². The van der Waals surface area contributed by atoms with E-state index in [1.165, 1.54) is 23.1 Å². The maximum atomic E-state index is 12.0. The quantitative estimate of drug-likeness (QED) is 0.700. The van der Waals surface area contributed by atoms with Crippen molar-refractivity contribution in [2.75, 3.05) is 17.6 Å². The maximum Gasteiger partial charge on any atom is 0.230 e. The van der Waals surface area contributed by atoms with Gasteiger partial charge >= 0.3 is 0 Å². The number of benzene rings is 1. The minimum absolute atomic E-state index is 0.0152. The first-order valence-electron chi connectivity index (χ1n) is 7.89. The Bertz CT molecular complexity index is 686. The summed E-state index contributed by atoms with van der Waals surface area (Å²) in [5.41, 5.74) is 1.70. The largest absolute Gasteiger partial charge is 0.356 e. The molecule has 5 nitrogen and oxygen atoms in total. The van der Waals surface area contributed by atoms with E-state index < -0.39 is 0 Å². The highest BCUT2D eigenvalue weighted by Gasteiger charge is 2.16. The molecule has 0 saturated heterocycles. The van der Waals surface area contributed by atoms with Crippen LogP contribution in [0.5, 0.6) is 0 Å². The van der Waals surface area contributed by atoms with E-state index in [0.717, 1.165) is 27.0 Å². The van der Waals surface area contributed by atoms with Crippen molar-refractivity contribution in [1.82, 2.24) is 10.3 Å². The van der Waals surface area contributed by atoms with E-state index in [-0.39, 0.29) is 11.8 Å². The lowest BCUT2D eigenvalue weighted by Gasteiger charge is -2.04. The number of carbonyl (C=O) groups excluding carboxylic acids is 2. The second-order valence-corrected chi connectivity index (χ2v) is 7.29.